The van der Waals surface area contributed by atoms with E-state index in [1.165, 1.54) is 0 Å². The summed E-state index contributed by atoms with van der Waals surface area (Å²) in [4.78, 5) is 0.338. The maximum absolute atomic E-state index is 12.4. The van der Waals surface area contributed by atoms with Crippen LogP contribution in [0, 0.1) is 5.92 Å². The summed E-state index contributed by atoms with van der Waals surface area (Å²) >= 11 is 0. The summed E-state index contributed by atoms with van der Waals surface area (Å²) in [5, 5.41) is 0. The summed E-state index contributed by atoms with van der Waals surface area (Å²) in [6, 6.07) is 7.12. The van der Waals surface area contributed by atoms with Gasteiger partial charge in [-0.15, -0.1) is 0 Å². The van der Waals surface area contributed by atoms with Gasteiger partial charge in [0.2, 0.25) is 10.0 Å². The van der Waals surface area contributed by atoms with Crippen molar-refractivity contribution in [2.24, 2.45) is 11.7 Å². The van der Waals surface area contributed by atoms with E-state index in [9.17, 15) is 8.42 Å². The summed E-state index contributed by atoms with van der Waals surface area (Å²) in [6.45, 7) is 4.72. The summed E-state index contributed by atoms with van der Waals surface area (Å²) in [5.41, 5.74) is 6.84. The molecule has 0 heterocycles. The number of hydrogen-bond donors (Lipinski definition) is 2. The second kappa shape index (κ2) is 6.24. The van der Waals surface area contributed by atoms with Crippen molar-refractivity contribution in [3.05, 3.63) is 29.8 Å². The molecule has 2 rings (SSSR count). The highest BCUT2D eigenvalue weighted by molar-refractivity contribution is 7.89. The Bertz CT molecular complexity index is 537. The molecule has 4 nitrogen and oxygen atoms in total. The third-order valence-corrected chi connectivity index (χ3v) is 5.63. The topological polar surface area (TPSA) is 72.2 Å². The maximum atomic E-state index is 12.4. The van der Waals surface area contributed by atoms with Gasteiger partial charge in [-0.25, -0.2) is 13.1 Å². The molecular formula is C15H24N2O2S. The molecule has 1 fully saturated rings. The van der Waals surface area contributed by atoms with Crippen molar-refractivity contribution in [1.29, 1.82) is 0 Å². The summed E-state index contributed by atoms with van der Waals surface area (Å²) in [5.74, 6) is 0.663. The van der Waals surface area contributed by atoms with Gasteiger partial charge >= 0.3 is 0 Å². The average molecular weight is 296 g/mol. The highest BCUT2D eigenvalue weighted by atomic mass is 32.2. The lowest BCUT2D eigenvalue weighted by atomic mass is 10.0. The molecule has 5 heteroatoms. The van der Waals surface area contributed by atoms with Gasteiger partial charge in [-0.1, -0.05) is 32.4 Å². The second-order valence-corrected chi connectivity index (χ2v) is 7.59. The predicted molar refractivity (Wildman–Crippen MR) is 81.0 cm³/mol. The van der Waals surface area contributed by atoms with E-state index in [1.54, 1.807) is 12.1 Å². The van der Waals surface area contributed by atoms with Gasteiger partial charge in [-0.2, -0.15) is 0 Å². The van der Waals surface area contributed by atoms with Crippen LogP contribution in [0.4, 0.5) is 0 Å². The van der Waals surface area contributed by atoms with Gasteiger partial charge in [-0.05, 0) is 48.9 Å². The molecule has 112 valence electrons. The molecule has 1 aliphatic carbocycles. The van der Waals surface area contributed by atoms with Crippen molar-refractivity contribution >= 4 is 10.0 Å². The highest BCUT2D eigenvalue weighted by Crippen LogP contribution is 2.26. The van der Waals surface area contributed by atoms with Gasteiger partial charge in [0.15, 0.2) is 0 Å². The Morgan fingerprint density at radius 1 is 1.25 bits per heavy atom. The zero-order valence-corrected chi connectivity index (χ0v) is 13.0. The molecule has 0 aliphatic heterocycles. The molecule has 1 aromatic rings. The smallest absolute Gasteiger partial charge is 0.240 e. The van der Waals surface area contributed by atoms with Crippen molar-refractivity contribution in [2.45, 2.75) is 50.0 Å². The molecule has 0 amide bonds. The number of nitrogens with one attached hydrogen (secondary N) is 1. The lowest BCUT2D eigenvalue weighted by molar-refractivity contribution is 0.453. The van der Waals surface area contributed by atoms with Crippen LogP contribution in [0.5, 0.6) is 0 Å². The van der Waals surface area contributed by atoms with Gasteiger partial charge in [0.05, 0.1) is 4.90 Å². The fourth-order valence-electron chi connectivity index (χ4n) is 2.77. The first kappa shape index (κ1) is 15.5. The zero-order valence-electron chi connectivity index (χ0n) is 12.2. The first-order valence-electron chi connectivity index (χ1n) is 7.26. The Balaban J connectivity index is 2.13. The highest BCUT2D eigenvalue weighted by Gasteiger charge is 2.30. The SMILES string of the molecule is CC(C)c1ccc(S(=O)(=O)NC2CCCC2CN)cc1. The van der Waals surface area contributed by atoms with E-state index in [0.717, 1.165) is 24.8 Å². The first-order valence-corrected chi connectivity index (χ1v) is 8.74. The van der Waals surface area contributed by atoms with E-state index in [-0.39, 0.29) is 12.0 Å². The number of sulfonamides is 1. The fraction of sp³-hybridized carbons (Fsp3) is 0.600. The van der Waals surface area contributed by atoms with Crippen molar-refractivity contribution < 1.29 is 8.42 Å². The maximum Gasteiger partial charge on any atom is 0.240 e. The molecule has 0 bridgehead atoms. The van der Waals surface area contributed by atoms with Gasteiger partial charge < -0.3 is 5.73 Å². The van der Waals surface area contributed by atoms with Crippen LogP contribution in [0.1, 0.15) is 44.6 Å². The van der Waals surface area contributed by atoms with E-state index in [2.05, 4.69) is 18.6 Å². The summed E-state index contributed by atoms with van der Waals surface area (Å²) < 4.78 is 27.6. The van der Waals surface area contributed by atoms with Crippen molar-refractivity contribution in [2.75, 3.05) is 6.54 Å². The Morgan fingerprint density at radius 2 is 1.90 bits per heavy atom. The largest absolute Gasteiger partial charge is 0.330 e. The quantitative estimate of drug-likeness (QED) is 0.875. The minimum Gasteiger partial charge on any atom is -0.330 e. The first-order chi connectivity index (χ1) is 9.44. The van der Waals surface area contributed by atoms with Crippen molar-refractivity contribution in [3.8, 4) is 0 Å². The third-order valence-electron chi connectivity index (χ3n) is 4.13. The third kappa shape index (κ3) is 3.40. The predicted octanol–water partition coefficient (Wildman–Crippen LogP) is 2.22. The molecule has 2 atom stereocenters. The minimum absolute atomic E-state index is 0.0187. The zero-order chi connectivity index (χ0) is 14.8. The van der Waals surface area contributed by atoms with Crippen LogP contribution < -0.4 is 10.5 Å². The molecule has 0 spiro atoms. The van der Waals surface area contributed by atoms with Crippen molar-refractivity contribution in [3.63, 3.8) is 0 Å². The Morgan fingerprint density at radius 3 is 2.45 bits per heavy atom. The molecule has 0 aromatic heterocycles. The Hall–Kier alpha value is -0.910. The van der Waals surface area contributed by atoms with Crippen LogP contribution >= 0.6 is 0 Å². The molecule has 1 aromatic carbocycles. The van der Waals surface area contributed by atoms with Crippen LogP contribution in [0.2, 0.25) is 0 Å². The van der Waals surface area contributed by atoms with E-state index in [1.807, 2.05) is 12.1 Å². The van der Waals surface area contributed by atoms with Crippen molar-refractivity contribution in [1.82, 2.24) is 4.72 Å². The van der Waals surface area contributed by atoms with Gasteiger partial charge in [0.1, 0.15) is 0 Å². The van der Waals surface area contributed by atoms with Gasteiger partial charge in [0, 0.05) is 6.04 Å². The lowest BCUT2D eigenvalue weighted by Gasteiger charge is -2.19. The molecular weight excluding hydrogens is 272 g/mol. The van der Waals surface area contributed by atoms with E-state index in [4.69, 9.17) is 5.73 Å². The van der Waals surface area contributed by atoms with Crippen LogP contribution in [-0.4, -0.2) is 21.0 Å². The monoisotopic (exact) mass is 296 g/mol. The molecule has 1 aliphatic rings. The number of rotatable bonds is 5. The number of hydrogen-bond acceptors (Lipinski definition) is 3. The van der Waals surface area contributed by atoms with Gasteiger partial charge in [-0.3, -0.25) is 0 Å². The molecule has 20 heavy (non-hydrogen) atoms. The fourth-order valence-corrected chi connectivity index (χ4v) is 4.11. The van der Waals surface area contributed by atoms with Gasteiger partial charge in [0.25, 0.3) is 0 Å². The standard InChI is InChI=1S/C15H24N2O2S/c1-11(2)12-6-8-14(9-7-12)20(18,19)17-15-5-3-4-13(15)10-16/h6-9,11,13,15,17H,3-5,10,16H2,1-2H3. The minimum atomic E-state index is -3.43. The normalized spacial score (nSPS) is 23.4. The summed E-state index contributed by atoms with van der Waals surface area (Å²) in [6.07, 6.45) is 2.93. The second-order valence-electron chi connectivity index (χ2n) is 5.88. The summed E-state index contributed by atoms with van der Waals surface area (Å²) in [7, 11) is -3.43. The van der Waals surface area contributed by atoms with E-state index < -0.39 is 10.0 Å². The Labute approximate surface area is 121 Å². The molecule has 1 saturated carbocycles. The van der Waals surface area contributed by atoms with Crippen LogP contribution in [-0.2, 0) is 10.0 Å². The molecule has 3 N–H and O–H groups in total. The number of nitrogens with two attached hydrogens (primary N) is 1. The van der Waals surface area contributed by atoms with Crippen LogP contribution in [0.25, 0.3) is 0 Å². The lowest BCUT2D eigenvalue weighted by Crippen LogP contribution is -2.39. The average Bonchev–Trinajstić information content (AvgIpc) is 2.85. The molecule has 0 saturated heterocycles. The Kier molecular flexibility index (Phi) is 4.83. The van der Waals surface area contributed by atoms with E-state index in [0.29, 0.717) is 17.4 Å². The van der Waals surface area contributed by atoms with E-state index >= 15 is 0 Å². The van der Waals surface area contributed by atoms with Crippen LogP contribution in [0.15, 0.2) is 29.2 Å². The van der Waals surface area contributed by atoms with Crippen LogP contribution in [0.3, 0.4) is 0 Å². The molecule has 0 radical (unpaired) electrons. The number of benzene rings is 1. The molecule has 2 unspecified atom stereocenters.